The Bertz CT molecular complexity index is 472. The predicted molar refractivity (Wildman–Crippen MR) is 80.0 cm³/mol. The van der Waals surface area contributed by atoms with E-state index in [9.17, 15) is 9.59 Å². The quantitative estimate of drug-likeness (QED) is 0.739. The van der Waals surface area contributed by atoms with Crippen LogP contribution in [0.15, 0.2) is 24.3 Å². The molecule has 0 aromatic heterocycles. The first-order valence-electron chi connectivity index (χ1n) is 6.87. The Morgan fingerprint density at radius 1 is 1.25 bits per heavy atom. The molecular weight excluding hydrogens is 254 g/mol. The number of carbonyl (C=O) groups excluding carboxylic acids is 2. The van der Waals surface area contributed by atoms with Crippen LogP contribution in [0.1, 0.15) is 32.8 Å². The van der Waals surface area contributed by atoms with Crippen molar-refractivity contribution in [3.8, 4) is 0 Å². The summed E-state index contributed by atoms with van der Waals surface area (Å²) in [6.07, 6.45) is 0.607. The van der Waals surface area contributed by atoms with Crippen LogP contribution in [0.4, 0.5) is 5.69 Å². The van der Waals surface area contributed by atoms with Crippen LogP contribution < -0.4 is 16.4 Å². The van der Waals surface area contributed by atoms with Gasteiger partial charge in [0.15, 0.2) is 0 Å². The smallest absolute Gasteiger partial charge is 0.237 e. The van der Waals surface area contributed by atoms with Crippen molar-refractivity contribution in [3.05, 3.63) is 29.8 Å². The molecule has 110 valence electrons. The molecule has 0 heterocycles. The van der Waals surface area contributed by atoms with Gasteiger partial charge in [-0.05, 0) is 24.1 Å². The van der Waals surface area contributed by atoms with Gasteiger partial charge in [-0.2, -0.15) is 0 Å². The highest BCUT2D eigenvalue weighted by Gasteiger charge is 2.10. The Balaban J connectivity index is 2.60. The minimum atomic E-state index is -0.473. The lowest BCUT2D eigenvalue weighted by atomic mass is 10.1. The predicted octanol–water partition coefficient (Wildman–Crippen LogP) is 1.63. The molecule has 0 fully saturated rings. The van der Waals surface area contributed by atoms with Crippen LogP contribution in [0.5, 0.6) is 0 Å². The topological polar surface area (TPSA) is 84.2 Å². The molecule has 1 aromatic carbocycles. The van der Waals surface area contributed by atoms with E-state index in [1.807, 2.05) is 45.0 Å². The molecule has 0 saturated carbocycles. The first kappa shape index (κ1) is 16.2. The summed E-state index contributed by atoms with van der Waals surface area (Å²) in [6, 6.07) is 6.93. The minimum absolute atomic E-state index is 0.0285. The molecule has 1 aromatic rings. The molecule has 0 unspecified atom stereocenters. The highest BCUT2D eigenvalue weighted by Crippen LogP contribution is 2.12. The van der Waals surface area contributed by atoms with E-state index in [-0.39, 0.29) is 17.7 Å². The van der Waals surface area contributed by atoms with Gasteiger partial charge in [0.2, 0.25) is 11.8 Å². The minimum Gasteiger partial charge on any atom is -0.351 e. The summed E-state index contributed by atoms with van der Waals surface area (Å²) in [5.41, 5.74) is 7.29. The SMILES string of the molecule is CC[C@@H](N)C(=O)NCc1cccc(NC(=O)C(C)C)c1. The molecule has 0 bridgehead atoms. The first-order valence-corrected chi connectivity index (χ1v) is 6.87. The molecule has 20 heavy (non-hydrogen) atoms. The normalized spacial score (nSPS) is 12.1. The largest absolute Gasteiger partial charge is 0.351 e. The molecule has 0 aliphatic heterocycles. The van der Waals surface area contributed by atoms with Gasteiger partial charge in [-0.1, -0.05) is 32.9 Å². The summed E-state index contributed by atoms with van der Waals surface area (Å²) in [4.78, 5) is 23.2. The second-order valence-electron chi connectivity index (χ2n) is 5.08. The van der Waals surface area contributed by atoms with Crippen molar-refractivity contribution in [2.75, 3.05) is 5.32 Å². The number of hydrogen-bond donors (Lipinski definition) is 3. The number of hydrogen-bond acceptors (Lipinski definition) is 3. The molecule has 0 spiro atoms. The maximum absolute atomic E-state index is 11.6. The van der Waals surface area contributed by atoms with Gasteiger partial charge in [0, 0.05) is 18.2 Å². The van der Waals surface area contributed by atoms with Crippen molar-refractivity contribution >= 4 is 17.5 Å². The van der Waals surface area contributed by atoms with E-state index in [1.54, 1.807) is 0 Å². The van der Waals surface area contributed by atoms with Gasteiger partial charge >= 0.3 is 0 Å². The summed E-state index contributed by atoms with van der Waals surface area (Å²) in [5.74, 6) is -0.260. The van der Waals surface area contributed by atoms with E-state index >= 15 is 0 Å². The zero-order valence-corrected chi connectivity index (χ0v) is 12.3. The third-order valence-electron chi connectivity index (χ3n) is 2.96. The van der Waals surface area contributed by atoms with E-state index in [1.165, 1.54) is 0 Å². The summed E-state index contributed by atoms with van der Waals surface area (Å²) < 4.78 is 0. The number of nitrogens with one attached hydrogen (secondary N) is 2. The van der Waals surface area contributed by atoms with Crippen molar-refractivity contribution in [1.82, 2.24) is 5.32 Å². The molecule has 4 N–H and O–H groups in total. The van der Waals surface area contributed by atoms with Crippen LogP contribution in [0.25, 0.3) is 0 Å². The molecule has 0 radical (unpaired) electrons. The summed E-state index contributed by atoms with van der Waals surface area (Å²) in [5, 5.41) is 5.60. The number of rotatable bonds is 6. The Hall–Kier alpha value is -1.88. The molecule has 1 atom stereocenters. The number of anilines is 1. The fourth-order valence-electron chi connectivity index (χ4n) is 1.55. The zero-order chi connectivity index (χ0) is 15.1. The Labute approximate surface area is 119 Å². The van der Waals surface area contributed by atoms with E-state index < -0.39 is 6.04 Å². The van der Waals surface area contributed by atoms with E-state index in [0.29, 0.717) is 13.0 Å². The molecule has 2 amide bonds. The average molecular weight is 277 g/mol. The third kappa shape index (κ3) is 5.01. The second-order valence-corrected chi connectivity index (χ2v) is 5.08. The van der Waals surface area contributed by atoms with Crippen LogP contribution in [0, 0.1) is 5.92 Å². The van der Waals surface area contributed by atoms with Crippen LogP contribution in [-0.2, 0) is 16.1 Å². The molecule has 1 rings (SSSR count). The van der Waals surface area contributed by atoms with Crippen molar-refractivity contribution in [2.24, 2.45) is 11.7 Å². The standard InChI is InChI=1S/C15H23N3O2/c1-4-13(16)15(20)17-9-11-6-5-7-12(8-11)18-14(19)10(2)3/h5-8,10,13H,4,9,16H2,1-3H3,(H,17,20)(H,18,19)/t13-/m1/s1. The maximum atomic E-state index is 11.6. The van der Waals surface area contributed by atoms with Gasteiger partial charge in [0.1, 0.15) is 0 Å². The van der Waals surface area contributed by atoms with Crippen molar-refractivity contribution < 1.29 is 9.59 Å². The summed E-state index contributed by atoms with van der Waals surface area (Å²) in [6.45, 7) is 5.95. The van der Waals surface area contributed by atoms with E-state index in [2.05, 4.69) is 10.6 Å². The van der Waals surface area contributed by atoms with Gasteiger partial charge in [-0.3, -0.25) is 9.59 Å². The summed E-state index contributed by atoms with van der Waals surface area (Å²) >= 11 is 0. The third-order valence-corrected chi connectivity index (χ3v) is 2.96. The fraction of sp³-hybridized carbons (Fsp3) is 0.467. The lowest BCUT2D eigenvalue weighted by molar-refractivity contribution is -0.122. The maximum Gasteiger partial charge on any atom is 0.237 e. The van der Waals surface area contributed by atoms with Crippen molar-refractivity contribution in [1.29, 1.82) is 0 Å². The first-order chi connectivity index (χ1) is 9.43. The Morgan fingerprint density at radius 2 is 1.95 bits per heavy atom. The molecule has 5 heteroatoms. The van der Waals surface area contributed by atoms with Crippen LogP contribution in [0.2, 0.25) is 0 Å². The number of benzene rings is 1. The molecule has 0 aliphatic rings. The Morgan fingerprint density at radius 3 is 2.55 bits per heavy atom. The van der Waals surface area contributed by atoms with Crippen LogP contribution >= 0.6 is 0 Å². The van der Waals surface area contributed by atoms with Crippen molar-refractivity contribution in [3.63, 3.8) is 0 Å². The molecule has 0 aliphatic carbocycles. The van der Waals surface area contributed by atoms with Gasteiger partial charge in [-0.15, -0.1) is 0 Å². The number of amides is 2. The lowest BCUT2D eigenvalue weighted by Gasteiger charge is -2.12. The van der Waals surface area contributed by atoms with E-state index in [4.69, 9.17) is 5.73 Å². The van der Waals surface area contributed by atoms with Crippen LogP contribution in [-0.4, -0.2) is 17.9 Å². The average Bonchev–Trinajstić information content (AvgIpc) is 2.44. The van der Waals surface area contributed by atoms with Crippen molar-refractivity contribution in [2.45, 2.75) is 39.8 Å². The summed E-state index contributed by atoms with van der Waals surface area (Å²) in [7, 11) is 0. The van der Waals surface area contributed by atoms with Gasteiger partial charge in [-0.25, -0.2) is 0 Å². The zero-order valence-electron chi connectivity index (χ0n) is 12.3. The van der Waals surface area contributed by atoms with Crippen LogP contribution in [0.3, 0.4) is 0 Å². The number of carbonyl (C=O) groups is 2. The highest BCUT2D eigenvalue weighted by molar-refractivity contribution is 5.92. The fourth-order valence-corrected chi connectivity index (χ4v) is 1.55. The highest BCUT2D eigenvalue weighted by atomic mass is 16.2. The van der Waals surface area contributed by atoms with Gasteiger partial charge in [0.05, 0.1) is 6.04 Å². The molecular formula is C15H23N3O2. The van der Waals surface area contributed by atoms with E-state index in [0.717, 1.165) is 11.3 Å². The molecule has 5 nitrogen and oxygen atoms in total. The number of nitrogens with two attached hydrogens (primary N) is 1. The molecule has 0 saturated heterocycles. The lowest BCUT2D eigenvalue weighted by Crippen LogP contribution is -2.39. The van der Waals surface area contributed by atoms with Gasteiger partial charge in [0.25, 0.3) is 0 Å². The second kappa shape index (κ2) is 7.65. The Kier molecular flexibility index (Phi) is 6.18. The monoisotopic (exact) mass is 277 g/mol. The van der Waals surface area contributed by atoms with Gasteiger partial charge < -0.3 is 16.4 Å².